The number of benzene rings is 1. The van der Waals surface area contributed by atoms with Crippen molar-refractivity contribution >= 4 is 11.6 Å². The number of aliphatic hydroxyl groups is 1. The average Bonchev–Trinajstić information content (AvgIpc) is 2.45. The molecule has 0 aromatic heterocycles. The maximum absolute atomic E-state index is 12.9. The van der Waals surface area contributed by atoms with Gasteiger partial charge in [-0.05, 0) is 13.0 Å². The van der Waals surface area contributed by atoms with Crippen molar-refractivity contribution in [3.63, 3.8) is 0 Å². The molecule has 0 unspecified atom stereocenters. The molecule has 21 heavy (non-hydrogen) atoms. The molecule has 9 heteroatoms. The largest absolute Gasteiger partial charge is 0.487 e. The molecular formula is C12H14F2N2O5. The van der Waals surface area contributed by atoms with E-state index in [1.165, 1.54) is 12.1 Å². The van der Waals surface area contributed by atoms with E-state index in [2.05, 4.69) is 0 Å². The van der Waals surface area contributed by atoms with Gasteiger partial charge in [0.25, 0.3) is 11.8 Å². The second-order valence-corrected chi connectivity index (χ2v) is 4.04. The van der Waals surface area contributed by atoms with Crippen molar-refractivity contribution in [2.75, 3.05) is 19.8 Å². The van der Waals surface area contributed by atoms with Gasteiger partial charge < -0.3 is 15.2 Å². The van der Waals surface area contributed by atoms with E-state index >= 15 is 0 Å². The zero-order valence-electron chi connectivity index (χ0n) is 11.1. The van der Waals surface area contributed by atoms with E-state index in [1.807, 2.05) is 5.32 Å². The molecule has 0 aliphatic heterocycles. The molecule has 0 aliphatic rings. The second-order valence-electron chi connectivity index (χ2n) is 4.04. The van der Waals surface area contributed by atoms with Gasteiger partial charge in [-0.15, -0.1) is 0 Å². The molecule has 7 nitrogen and oxygen atoms in total. The number of alkyl halides is 2. The van der Waals surface area contributed by atoms with Crippen LogP contribution in [0.3, 0.4) is 0 Å². The number of hydrogen-bond acceptors (Lipinski definition) is 5. The van der Waals surface area contributed by atoms with Crippen LogP contribution in [0.2, 0.25) is 0 Å². The van der Waals surface area contributed by atoms with Crippen LogP contribution >= 0.6 is 0 Å². The van der Waals surface area contributed by atoms with Gasteiger partial charge in [-0.2, -0.15) is 0 Å². The topological polar surface area (TPSA) is 102 Å². The minimum absolute atomic E-state index is 0.0674. The molecular weight excluding hydrogens is 290 g/mol. The SMILES string of the molecule is CCOc1c(C(=O)NCC(F)(F)CO)cccc1[N+](=O)[O-]. The third kappa shape index (κ3) is 4.35. The van der Waals surface area contributed by atoms with Gasteiger partial charge in [0.1, 0.15) is 6.61 Å². The van der Waals surface area contributed by atoms with Crippen LogP contribution < -0.4 is 10.1 Å². The number of rotatable bonds is 7. The highest BCUT2D eigenvalue weighted by Gasteiger charge is 2.30. The van der Waals surface area contributed by atoms with Crippen molar-refractivity contribution in [3.05, 3.63) is 33.9 Å². The summed E-state index contributed by atoms with van der Waals surface area (Å²) in [4.78, 5) is 22.0. The monoisotopic (exact) mass is 304 g/mol. The fourth-order valence-electron chi connectivity index (χ4n) is 1.50. The zero-order valence-corrected chi connectivity index (χ0v) is 11.1. The standard InChI is InChI=1S/C12H14F2N2O5/c1-2-21-10-8(4-3-5-9(10)16(19)20)11(18)15-6-12(13,14)7-17/h3-5,17H,2,6-7H2,1H3,(H,15,18). The molecule has 1 rings (SSSR count). The highest BCUT2D eigenvalue weighted by atomic mass is 19.3. The summed E-state index contributed by atoms with van der Waals surface area (Å²) in [5.74, 6) is -4.70. The van der Waals surface area contributed by atoms with E-state index in [1.54, 1.807) is 6.92 Å². The van der Waals surface area contributed by atoms with Gasteiger partial charge in [0, 0.05) is 6.07 Å². The molecule has 1 aromatic carbocycles. The first-order valence-corrected chi connectivity index (χ1v) is 5.99. The maximum atomic E-state index is 12.9. The van der Waals surface area contributed by atoms with Gasteiger partial charge in [-0.1, -0.05) is 6.07 Å². The van der Waals surface area contributed by atoms with Crippen LogP contribution in [-0.2, 0) is 0 Å². The average molecular weight is 304 g/mol. The molecule has 0 heterocycles. The summed E-state index contributed by atoms with van der Waals surface area (Å²) in [7, 11) is 0. The van der Waals surface area contributed by atoms with Crippen LogP contribution in [0, 0.1) is 10.1 Å². The minimum atomic E-state index is -3.47. The van der Waals surface area contributed by atoms with Crippen molar-refractivity contribution in [1.29, 1.82) is 0 Å². The van der Waals surface area contributed by atoms with Gasteiger partial charge in [0.2, 0.25) is 5.75 Å². The van der Waals surface area contributed by atoms with Gasteiger partial charge in [-0.3, -0.25) is 14.9 Å². The molecule has 1 amide bonds. The Morgan fingerprint density at radius 1 is 1.52 bits per heavy atom. The molecule has 0 radical (unpaired) electrons. The number of nitro groups is 1. The fourth-order valence-corrected chi connectivity index (χ4v) is 1.50. The Bertz CT molecular complexity index is 536. The smallest absolute Gasteiger partial charge is 0.311 e. The number of carbonyl (C=O) groups excluding carboxylic acids is 1. The van der Waals surface area contributed by atoms with Gasteiger partial charge in [0.15, 0.2) is 0 Å². The number of nitrogens with zero attached hydrogens (tertiary/aromatic N) is 1. The number of amides is 1. The number of halogens is 2. The maximum Gasteiger partial charge on any atom is 0.311 e. The van der Waals surface area contributed by atoms with Crippen molar-refractivity contribution in [2.24, 2.45) is 0 Å². The molecule has 0 saturated heterocycles. The quantitative estimate of drug-likeness (QED) is 0.585. The summed E-state index contributed by atoms with van der Waals surface area (Å²) in [5.41, 5.74) is -0.654. The van der Waals surface area contributed by atoms with E-state index in [-0.39, 0.29) is 17.9 Å². The zero-order chi connectivity index (χ0) is 16.0. The van der Waals surface area contributed by atoms with Gasteiger partial charge in [0.05, 0.1) is 23.6 Å². The first-order valence-electron chi connectivity index (χ1n) is 5.99. The lowest BCUT2D eigenvalue weighted by Gasteiger charge is -2.15. The van der Waals surface area contributed by atoms with E-state index in [0.29, 0.717) is 0 Å². The molecule has 0 bridgehead atoms. The second kappa shape index (κ2) is 6.93. The lowest BCUT2D eigenvalue weighted by atomic mass is 10.1. The summed E-state index contributed by atoms with van der Waals surface area (Å²) in [6.07, 6.45) is 0. The van der Waals surface area contributed by atoms with Crippen molar-refractivity contribution in [2.45, 2.75) is 12.8 Å². The third-order valence-corrected chi connectivity index (χ3v) is 2.46. The Morgan fingerprint density at radius 3 is 2.71 bits per heavy atom. The Kier molecular flexibility index (Phi) is 5.53. The number of aliphatic hydroxyl groups excluding tert-OH is 1. The summed E-state index contributed by atoms with van der Waals surface area (Å²) in [5, 5.41) is 21.2. The molecule has 1 aromatic rings. The number of hydrogen-bond donors (Lipinski definition) is 2. The van der Waals surface area contributed by atoms with Gasteiger partial charge >= 0.3 is 5.69 Å². The number of nitro benzene ring substituents is 1. The third-order valence-electron chi connectivity index (χ3n) is 2.46. The Balaban J connectivity index is 3.03. The minimum Gasteiger partial charge on any atom is -0.487 e. The predicted molar refractivity (Wildman–Crippen MR) is 68.6 cm³/mol. The van der Waals surface area contributed by atoms with E-state index in [4.69, 9.17) is 9.84 Å². The molecule has 0 saturated carbocycles. The van der Waals surface area contributed by atoms with E-state index in [9.17, 15) is 23.7 Å². The lowest BCUT2D eigenvalue weighted by Crippen LogP contribution is -2.39. The molecule has 0 atom stereocenters. The highest BCUT2D eigenvalue weighted by Crippen LogP contribution is 2.31. The summed E-state index contributed by atoms with van der Waals surface area (Å²) >= 11 is 0. The Labute approximate surface area is 118 Å². The summed E-state index contributed by atoms with van der Waals surface area (Å²) in [6.45, 7) is -0.868. The van der Waals surface area contributed by atoms with Crippen LogP contribution in [0.4, 0.5) is 14.5 Å². The van der Waals surface area contributed by atoms with E-state index < -0.39 is 35.6 Å². The Hall–Kier alpha value is -2.29. The number of nitrogens with one attached hydrogen (secondary N) is 1. The van der Waals surface area contributed by atoms with Gasteiger partial charge in [-0.25, -0.2) is 8.78 Å². The lowest BCUT2D eigenvalue weighted by molar-refractivity contribution is -0.385. The van der Waals surface area contributed by atoms with Crippen LogP contribution in [0.25, 0.3) is 0 Å². The predicted octanol–water partition coefficient (Wildman–Crippen LogP) is 1.35. The normalized spacial score (nSPS) is 11.0. The highest BCUT2D eigenvalue weighted by molar-refractivity contribution is 5.98. The number of para-hydroxylation sites is 1. The fraction of sp³-hybridized carbons (Fsp3) is 0.417. The number of carbonyl (C=O) groups is 1. The first-order chi connectivity index (χ1) is 9.82. The summed E-state index contributed by atoms with van der Waals surface area (Å²) < 4.78 is 30.8. The van der Waals surface area contributed by atoms with Crippen molar-refractivity contribution < 1.29 is 28.3 Å². The van der Waals surface area contributed by atoms with Crippen LogP contribution in [0.1, 0.15) is 17.3 Å². The van der Waals surface area contributed by atoms with Crippen molar-refractivity contribution in [1.82, 2.24) is 5.32 Å². The first kappa shape index (κ1) is 16.8. The van der Waals surface area contributed by atoms with Crippen LogP contribution in [0.5, 0.6) is 5.75 Å². The van der Waals surface area contributed by atoms with Crippen LogP contribution in [0.15, 0.2) is 18.2 Å². The number of ether oxygens (including phenoxy) is 1. The molecule has 116 valence electrons. The molecule has 0 fully saturated rings. The molecule has 0 aliphatic carbocycles. The molecule has 2 N–H and O–H groups in total. The van der Waals surface area contributed by atoms with E-state index in [0.717, 1.165) is 6.07 Å². The Morgan fingerprint density at radius 2 is 2.19 bits per heavy atom. The summed E-state index contributed by atoms with van der Waals surface area (Å²) in [6, 6.07) is 3.62. The van der Waals surface area contributed by atoms with Crippen LogP contribution in [-0.4, -0.2) is 41.6 Å². The molecule has 0 spiro atoms. The van der Waals surface area contributed by atoms with Crippen molar-refractivity contribution in [3.8, 4) is 5.75 Å².